The number of nitrogens with zero attached hydrogens (tertiary/aromatic N) is 2. The van der Waals surface area contributed by atoms with Crippen LogP contribution in [-0.4, -0.2) is 36.0 Å². The quantitative estimate of drug-likeness (QED) is 0.608. The van der Waals surface area contributed by atoms with Crippen molar-refractivity contribution >= 4 is 18.0 Å². The monoisotopic (exact) mass is 344 g/mol. The maximum absolute atomic E-state index is 13.1. The Morgan fingerprint density at radius 3 is 2.72 bits per heavy atom. The van der Waals surface area contributed by atoms with Crippen molar-refractivity contribution in [3.05, 3.63) is 41.7 Å². The SMILES string of the molecule is CN(C(=O)COC(=O)/C=C/c1cccc(F)c1)C1(C#N)CCCCC1. The number of benzene rings is 1. The molecule has 0 aliphatic heterocycles. The average Bonchev–Trinajstić information content (AvgIpc) is 2.64. The zero-order valence-corrected chi connectivity index (χ0v) is 14.2. The number of hydrogen-bond acceptors (Lipinski definition) is 4. The number of ether oxygens (including phenoxy) is 1. The van der Waals surface area contributed by atoms with Gasteiger partial charge in [-0.25, -0.2) is 9.18 Å². The van der Waals surface area contributed by atoms with Gasteiger partial charge in [0.25, 0.3) is 5.91 Å². The standard InChI is InChI=1S/C19H21FN2O3/c1-22(19(14-21)10-3-2-4-11-19)17(23)13-25-18(24)9-8-15-6-5-7-16(20)12-15/h5-9,12H,2-4,10-11,13H2,1H3/b9-8+. The van der Waals surface area contributed by atoms with E-state index in [1.165, 1.54) is 29.2 Å². The second-order valence-corrected chi connectivity index (χ2v) is 6.15. The molecule has 5 nitrogen and oxygen atoms in total. The lowest BCUT2D eigenvalue weighted by atomic mass is 9.81. The molecule has 0 unspecified atom stereocenters. The van der Waals surface area contributed by atoms with E-state index in [4.69, 9.17) is 4.74 Å². The molecule has 0 spiro atoms. The van der Waals surface area contributed by atoms with Crippen LogP contribution in [0.3, 0.4) is 0 Å². The topological polar surface area (TPSA) is 70.4 Å². The van der Waals surface area contributed by atoms with Crippen molar-refractivity contribution in [3.8, 4) is 6.07 Å². The van der Waals surface area contributed by atoms with Crippen LogP contribution < -0.4 is 0 Å². The third-order valence-electron chi connectivity index (χ3n) is 4.50. The van der Waals surface area contributed by atoms with Crippen molar-refractivity contribution in [1.82, 2.24) is 4.90 Å². The van der Waals surface area contributed by atoms with Gasteiger partial charge >= 0.3 is 5.97 Å². The molecule has 1 amide bonds. The average molecular weight is 344 g/mol. The Balaban J connectivity index is 1.88. The Morgan fingerprint density at radius 1 is 1.36 bits per heavy atom. The van der Waals surface area contributed by atoms with Gasteiger partial charge in [-0.1, -0.05) is 31.4 Å². The molecule has 1 aromatic carbocycles. The summed E-state index contributed by atoms with van der Waals surface area (Å²) in [6.07, 6.45) is 6.70. The van der Waals surface area contributed by atoms with Crippen LogP contribution in [0.5, 0.6) is 0 Å². The minimum atomic E-state index is -0.806. The van der Waals surface area contributed by atoms with Crippen molar-refractivity contribution < 1.29 is 18.7 Å². The lowest BCUT2D eigenvalue weighted by molar-refractivity contribution is -0.150. The lowest BCUT2D eigenvalue weighted by Crippen LogP contribution is -2.51. The number of carbonyl (C=O) groups is 2. The lowest BCUT2D eigenvalue weighted by Gasteiger charge is -2.38. The van der Waals surface area contributed by atoms with Crippen LogP contribution in [0.25, 0.3) is 6.08 Å². The Bertz CT molecular complexity index is 703. The third-order valence-corrected chi connectivity index (χ3v) is 4.50. The molecule has 2 rings (SSSR count). The van der Waals surface area contributed by atoms with Gasteiger partial charge in [-0.05, 0) is 36.6 Å². The van der Waals surface area contributed by atoms with Gasteiger partial charge in [-0.3, -0.25) is 4.79 Å². The Kier molecular flexibility index (Phi) is 6.29. The van der Waals surface area contributed by atoms with Crippen molar-refractivity contribution in [3.63, 3.8) is 0 Å². The van der Waals surface area contributed by atoms with Gasteiger partial charge < -0.3 is 9.64 Å². The summed E-state index contributed by atoms with van der Waals surface area (Å²) in [4.78, 5) is 25.4. The highest BCUT2D eigenvalue weighted by molar-refractivity contribution is 5.89. The predicted molar refractivity (Wildman–Crippen MR) is 90.6 cm³/mol. The van der Waals surface area contributed by atoms with Gasteiger partial charge in [0, 0.05) is 13.1 Å². The largest absolute Gasteiger partial charge is 0.452 e. The van der Waals surface area contributed by atoms with Crippen LogP contribution in [-0.2, 0) is 14.3 Å². The van der Waals surface area contributed by atoms with E-state index >= 15 is 0 Å². The van der Waals surface area contributed by atoms with Crippen molar-refractivity contribution in [2.45, 2.75) is 37.6 Å². The summed E-state index contributed by atoms with van der Waals surface area (Å²) in [5, 5.41) is 9.48. The zero-order chi connectivity index (χ0) is 18.3. The number of halogens is 1. The molecule has 132 valence electrons. The smallest absolute Gasteiger partial charge is 0.331 e. The Labute approximate surface area is 146 Å². The van der Waals surface area contributed by atoms with Gasteiger partial charge in [0.05, 0.1) is 6.07 Å². The number of rotatable bonds is 5. The minimum Gasteiger partial charge on any atom is -0.452 e. The van der Waals surface area contributed by atoms with Crippen LogP contribution in [0.1, 0.15) is 37.7 Å². The molecule has 0 heterocycles. The predicted octanol–water partition coefficient (Wildman–Crippen LogP) is 3.07. The number of carbonyl (C=O) groups excluding carboxylic acids is 2. The Morgan fingerprint density at radius 2 is 2.08 bits per heavy atom. The number of amides is 1. The molecule has 0 bridgehead atoms. The Hall–Kier alpha value is -2.68. The van der Waals surface area contributed by atoms with E-state index < -0.39 is 29.8 Å². The van der Waals surface area contributed by atoms with Gasteiger partial charge in [0.1, 0.15) is 11.4 Å². The van der Waals surface area contributed by atoms with Crippen LogP contribution in [0, 0.1) is 17.1 Å². The van der Waals surface area contributed by atoms with Crippen LogP contribution >= 0.6 is 0 Å². The molecular formula is C19H21FN2O3. The molecule has 0 N–H and O–H groups in total. The fourth-order valence-corrected chi connectivity index (χ4v) is 2.95. The van der Waals surface area contributed by atoms with Crippen LogP contribution in [0.2, 0.25) is 0 Å². The third kappa shape index (κ3) is 4.90. The number of likely N-dealkylation sites (N-methyl/N-ethyl adjacent to an activating group) is 1. The maximum Gasteiger partial charge on any atom is 0.331 e. The first-order valence-electron chi connectivity index (χ1n) is 8.25. The van der Waals surface area contributed by atoms with E-state index in [1.54, 1.807) is 13.1 Å². The summed E-state index contributed by atoms with van der Waals surface area (Å²) >= 11 is 0. The van der Waals surface area contributed by atoms with Crippen LogP contribution in [0.15, 0.2) is 30.3 Å². The first-order valence-corrected chi connectivity index (χ1v) is 8.25. The first kappa shape index (κ1) is 18.7. The molecule has 0 aromatic heterocycles. The van der Waals surface area contributed by atoms with Crippen molar-refractivity contribution in [2.75, 3.05) is 13.7 Å². The molecular weight excluding hydrogens is 323 g/mol. The molecule has 0 saturated heterocycles. The van der Waals surface area contributed by atoms with Crippen LogP contribution in [0.4, 0.5) is 4.39 Å². The van der Waals surface area contributed by atoms with Gasteiger partial charge in [-0.15, -0.1) is 0 Å². The van der Waals surface area contributed by atoms with Gasteiger partial charge in [0.15, 0.2) is 6.61 Å². The minimum absolute atomic E-state index is 0.401. The second kappa shape index (κ2) is 8.43. The molecule has 1 saturated carbocycles. The summed E-state index contributed by atoms with van der Waals surface area (Å²) in [6, 6.07) is 8.02. The van der Waals surface area contributed by atoms with E-state index in [9.17, 15) is 19.2 Å². The van der Waals surface area contributed by atoms with E-state index in [2.05, 4.69) is 6.07 Å². The summed E-state index contributed by atoms with van der Waals surface area (Å²) in [5.74, 6) is -1.50. The highest BCUT2D eigenvalue weighted by atomic mass is 19.1. The maximum atomic E-state index is 13.1. The summed E-state index contributed by atoms with van der Waals surface area (Å²) < 4.78 is 18.0. The molecule has 0 radical (unpaired) electrons. The van der Waals surface area contributed by atoms with Crippen molar-refractivity contribution in [2.24, 2.45) is 0 Å². The van der Waals surface area contributed by atoms with E-state index in [0.717, 1.165) is 25.3 Å². The van der Waals surface area contributed by atoms with Gasteiger partial charge in [0.2, 0.25) is 0 Å². The molecule has 0 atom stereocenters. The fourth-order valence-electron chi connectivity index (χ4n) is 2.95. The molecule has 6 heteroatoms. The zero-order valence-electron chi connectivity index (χ0n) is 14.2. The molecule has 1 aliphatic carbocycles. The first-order chi connectivity index (χ1) is 12.0. The molecule has 1 fully saturated rings. The number of hydrogen-bond donors (Lipinski definition) is 0. The summed E-state index contributed by atoms with van der Waals surface area (Å²) in [6.45, 7) is -0.424. The molecule has 25 heavy (non-hydrogen) atoms. The summed E-state index contributed by atoms with van der Waals surface area (Å²) in [7, 11) is 1.58. The highest BCUT2D eigenvalue weighted by Gasteiger charge is 2.38. The normalized spacial score (nSPS) is 16.2. The van der Waals surface area contributed by atoms with Gasteiger partial charge in [-0.2, -0.15) is 5.26 Å². The molecule has 1 aliphatic rings. The van der Waals surface area contributed by atoms with E-state index in [1.807, 2.05) is 0 Å². The highest BCUT2D eigenvalue weighted by Crippen LogP contribution is 2.32. The second-order valence-electron chi connectivity index (χ2n) is 6.15. The van der Waals surface area contributed by atoms with Crippen molar-refractivity contribution in [1.29, 1.82) is 5.26 Å². The number of nitriles is 1. The molecule has 1 aromatic rings. The fraction of sp³-hybridized carbons (Fsp3) is 0.421. The summed E-state index contributed by atoms with van der Waals surface area (Å²) in [5.41, 5.74) is -0.287. The number of esters is 1. The van der Waals surface area contributed by atoms with E-state index in [-0.39, 0.29) is 0 Å². The van der Waals surface area contributed by atoms with E-state index in [0.29, 0.717) is 18.4 Å².